The number of hydrogen-bond acceptors (Lipinski definition) is 3. The summed E-state index contributed by atoms with van der Waals surface area (Å²) in [7, 11) is 0. The number of carbonyl (C=O) groups is 3. The second-order valence-electron chi connectivity index (χ2n) is 8.55. The van der Waals surface area contributed by atoms with Crippen LogP contribution >= 0.6 is 11.6 Å². The monoisotopic (exact) mass is 488 g/mol. The molecule has 0 aliphatic heterocycles. The molecule has 35 heavy (non-hydrogen) atoms. The molecule has 7 nitrogen and oxygen atoms in total. The van der Waals surface area contributed by atoms with Gasteiger partial charge >= 0.3 is 11.8 Å². The first-order valence-electron chi connectivity index (χ1n) is 11.0. The Morgan fingerprint density at radius 3 is 1.91 bits per heavy atom. The number of hydrogen-bond donors (Lipinski definition) is 3. The fourth-order valence-electron chi connectivity index (χ4n) is 3.90. The van der Waals surface area contributed by atoms with Crippen LogP contribution in [0.3, 0.4) is 0 Å². The Bertz CT molecular complexity index is 1490. The second kappa shape index (κ2) is 9.64. The lowest BCUT2D eigenvalue weighted by molar-refractivity contribution is -0.133. The van der Waals surface area contributed by atoms with Gasteiger partial charge in [0.1, 0.15) is 5.69 Å². The van der Waals surface area contributed by atoms with Gasteiger partial charge < -0.3 is 10.6 Å². The van der Waals surface area contributed by atoms with Gasteiger partial charge in [0, 0.05) is 21.8 Å². The zero-order valence-electron chi connectivity index (χ0n) is 19.8. The van der Waals surface area contributed by atoms with Crippen LogP contribution in [-0.2, 0) is 9.59 Å². The summed E-state index contributed by atoms with van der Waals surface area (Å²) in [6.07, 6.45) is 0. The minimum Gasteiger partial charge on any atom is -0.320 e. The van der Waals surface area contributed by atoms with Gasteiger partial charge in [-0.1, -0.05) is 47.0 Å². The topological polar surface area (TPSA) is 92.2 Å². The highest BCUT2D eigenvalue weighted by Gasteiger charge is 2.22. The summed E-state index contributed by atoms with van der Waals surface area (Å²) < 4.78 is 1.30. The molecule has 0 unspecified atom stereocenters. The Balaban J connectivity index is 1.64. The molecular weight excluding hydrogens is 464 g/mol. The van der Waals surface area contributed by atoms with Gasteiger partial charge in [0.05, 0.1) is 5.52 Å². The molecule has 1 heterocycles. The molecule has 4 aromatic rings. The van der Waals surface area contributed by atoms with E-state index >= 15 is 0 Å². The van der Waals surface area contributed by atoms with Crippen molar-refractivity contribution in [2.24, 2.45) is 0 Å². The normalized spacial score (nSPS) is 10.8. The molecule has 0 aliphatic rings. The Hall–Kier alpha value is -4.10. The summed E-state index contributed by atoms with van der Waals surface area (Å²) in [6.45, 7) is 7.66. The van der Waals surface area contributed by atoms with Crippen molar-refractivity contribution in [3.05, 3.63) is 93.6 Å². The molecule has 0 saturated heterocycles. The lowest BCUT2D eigenvalue weighted by Gasteiger charge is -2.14. The van der Waals surface area contributed by atoms with E-state index in [1.54, 1.807) is 30.3 Å². The third-order valence-electron chi connectivity index (χ3n) is 5.68. The molecule has 0 bridgehead atoms. The summed E-state index contributed by atoms with van der Waals surface area (Å²) in [5.41, 5.74) is 8.26. The van der Waals surface area contributed by atoms with Gasteiger partial charge in [-0.2, -0.15) is 0 Å². The first-order valence-corrected chi connectivity index (χ1v) is 11.4. The number of carbonyl (C=O) groups excluding carboxylic acids is 3. The number of benzene rings is 3. The fraction of sp³-hybridized carbons (Fsp3) is 0.148. The summed E-state index contributed by atoms with van der Waals surface area (Å²) >= 11 is 6.14. The van der Waals surface area contributed by atoms with Gasteiger partial charge in [-0.25, -0.2) is 4.68 Å². The lowest BCUT2D eigenvalue weighted by Crippen LogP contribution is -2.36. The predicted molar refractivity (Wildman–Crippen MR) is 140 cm³/mol. The van der Waals surface area contributed by atoms with E-state index in [0.29, 0.717) is 27.3 Å². The molecule has 178 valence electrons. The average Bonchev–Trinajstić information content (AvgIpc) is 3.14. The van der Waals surface area contributed by atoms with Crippen molar-refractivity contribution >= 4 is 51.6 Å². The van der Waals surface area contributed by atoms with E-state index in [4.69, 9.17) is 11.6 Å². The van der Waals surface area contributed by atoms with Gasteiger partial charge in [-0.3, -0.25) is 19.8 Å². The standard InChI is InChI=1S/C27H25ClN4O3/c1-15-5-8-21(17(3)11-15)29-25(33)24-14-19-13-20(28)7-10-23(19)32(24)31-27(35)26(34)30-22-9-6-16(2)12-18(22)4/h5-14H,1-4H3,(H,29,33)(H,30,34)(H,31,35). The van der Waals surface area contributed by atoms with Crippen molar-refractivity contribution in [3.8, 4) is 0 Å². The molecule has 4 rings (SSSR count). The van der Waals surface area contributed by atoms with Gasteiger partial charge in [-0.15, -0.1) is 0 Å². The highest BCUT2D eigenvalue weighted by Crippen LogP contribution is 2.24. The summed E-state index contributed by atoms with van der Waals surface area (Å²) in [6, 6.07) is 17.8. The van der Waals surface area contributed by atoms with Crippen molar-refractivity contribution in [3.63, 3.8) is 0 Å². The van der Waals surface area contributed by atoms with Crippen molar-refractivity contribution in [2.45, 2.75) is 27.7 Å². The number of rotatable bonds is 4. The average molecular weight is 489 g/mol. The minimum atomic E-state index is -0.919. The zero-order valence-corrected chi connectivity index (χ0v) is 20.6. The SMILES string of the molecule is Cc1ccc(NC(=O)C(=O)Nn2c(C(=O)Nc3ccc(C)cc3C)cc3cc(Cl)ccc32)c(C)c1. The van der Waals surface area contributed by atoms with Crippen LogP contribution in [0.5, 0.6) is 0 Å². The maximum absolute atomic E-state index is 13.2. The molecule has 0 fully saturated rings. The fourth-order valence-corrected chi connectivity index (χ4v) is 4.08. The van der Waals surface area contributed by atoms with Gasteiger partial charge in [0.25, 0.3) is 5.91 Å². The van der Waals surface area contributed by atoms with Crippen LogP contribution in [0.4, 0.5) is 11.4 Å². The van der Waals surface area contributed by atoms with E-state index in [1.165, 1.54) is 4.68 Å². The van der Waals surface area contributed by atoms with E-state index in [2.05, 4.69) is 16.1 Å². The molecule has 3 amide bonds. The van der Waals surface area contributed by atoms with E-state index in [9.17, 15) is 14.4 Å². The molecule has 3 N–H and O–H groups in total. The maximum Gasteiger partial charge on any atom is 0.328 e. The number of fused-ring (bicyclic) bond motifs is 1. The number of aryl methyl sites for hydroxylation is 4. The second-order valence-corrected chi connectivity index (χ2v) is 8.99. The maximum atomic E-state index is 13.2. The molecular formula is C27H25ClN4O3. The van der Waals surface area contributed by atoms with E-state index in [1.807, 2.05) is 58.0 Å². The van der Waals surface area contributed by atoms with Gasteiger partial charge in [-0.05, 0) is 75.2 Å². The lowest BCUT2D eigenvalue weighted by atomic mass is 10.1. The third kappa shape index (κ3) is 5.20. The van der Waals surface area contributed by atoms with Crippen LogP contribution in [0.2, 0.25) is 5.02 Å². The minimum absolute atomic E-state index is 0.148. The molecule has 0 atom stereocenters. The highest BCUT2D eigenvalue weighted by atomic mass is 35.5. The summed E-state index contributed by atoms with van der Waals surface area (Å²) in [5, 5.41) is 6.62. The molecule has 0 radical (unpaired) electrons. The van der Waals surface area contributed by atoms with Crippen LogP contribution in [0, 0.1) is 27.7 Å². The first-order chi connectivity index (χ1) is 16.6. The number of aromatic nitrogens is 1. The number of amides is 3. The highest BCUT2D eigenvalue weighted by molar-refractivity contribution is 6.42. The van der Waals surface area contributed by atoms with Crippen molar-refractivity contribution < 1.29 is 14.4 Å². The van der Waals surface area contributed by atoms with E-state index < -0.39 is 17.7 Å². The molecule has 3 aromatic carbocycles. The van der Waals surface area contributed by atoms with Crippen LogP contribution in [0.25, 0.3) is 10.9 Å². The third-order valence-corrected chi connectivity index (χ3v) is 5.91. The van der Waals surface area contributed by atoms with E-state index in [-0.39, 0.29) is 5.69 Å². The summed E-state index contributed by atoms with van der Waals surface area (Å²) in [4.78, 5) is 38.7. The number of anilines is 2. The van der Waals surface area contributed by atoms with E-state index in [0.717, 1.165) is 22.3 Å². The van der Waals surface area contributed by atoms with Crippen LogP contribution in [0.15, 0.2) is 60.7 Å². The van der Waals surface area contributed by atoms with Crippen molar-refractivity contribution in [1.29, 1.82) is 0 Å². The molecule has 0 aliphatic carbocycles. The molecule has 8 heteroatoms. The zero-order chi connectivity index (χ0) is 25.3. The Labute approximate surface area is 208 Å². The number of nitrogens with zero attached hydrogens (tertiary/aromatic N) is 1. The first kappa shape index (κ1) is 24.0. The van der Waals surface area contributed by atoms with Crippen LogP contribution in [0.1, 0.15) is 32.7 Å². The summed E-state index contributed by atoms with van der Waals surface area (Å²) in [5.74, 6) is -2.22. The van der Waals surface area contributed by atoms with Gasteiger partial charge in [0.15, 0.2) is 0 Å². The predicted octanol–water partition coefficient (Wildman–Crippen LogP) is 5.49. The smallest absolute Gasteiger partial charge is 0.320 e. The molecule has 0 spiro atoms. The largest absolute Gasteiger partial charge is 0.328 e. The van der Waals surface area contributed by atoms with Crippen LogP contribution in [-0.4, -0.2) is 22.4 Å². The number of halogens is 1. The van der Waals surface area contributed by atoms with Crippen molar-refractivity contribution in [2.75, 3.05) is 16.1 Å². The van der Waals surface area contributed by atoms with Crippen molar-refractivity contribution in [1.82, 2.24) is 4.68 Å². The molecule has 1 aromatic heterocycles. The van der Waals surface area contributed by atoms with Gasteiger partial charge in [0.2, 0.25) is 0 Å². The molecule has 0 saturated carbocycles. The Kier molecular flexibility index (Phi) is 6.62. The quantitative estimate of drug-likeness (QED) is 0.332. The Morgan fingerprint density at radius 1 is 0.714 bits per heavy atom. The Morgan fingerprint density at radius 2 is 1.31 bits per heavy atom. The number of nitrogens with one attached hydrogen (secondary N) is 3. The van der Waals surface area contributed by atoms with Crippen LogP contribution < -0.4 is 16.1 Å².